The van der Waals surface area contributed by atoms with E-state index in [1.165, 1.54) is 16.4 Å². The van der Waals surface area contributed by atoms with E-state index in [-0.39, 0.29) is 22.8 Å². The summed E-state index contributed by atoms with van der Waals surface area (Å²) in [6.45, 7) is 7.92. The number of sulfonamides is 1. The van der Waals surface area contributed by atoms with Gasteiger partial charge in [0.2, 0.25) is 10.0 Å². The van der Waals surface area contributed by atoms with Crippen molar-refractivity contribution in [1.29, 1.82) is 0 Å². The number of morpholine rings is 1. The lowest BCUT2D eigenvalue weighted by Crippen LogP contribution is -2.45. The zero-order valence-corrected chi connectivity index (χ0v) is 16.8. The summed E-state index contributed by atoms with van der Waals surface area (Å²) < 4.78 is 33.0. The molecule has 0 spiro atoms. The van der Waals surface area contributed by atoms with Crippen molar-refractivity contribution in [1.82, 2.24) is 4.31 Å². The molecule has 2 aliphatic heterocycles. The smallest absolute Gasteiger partial charge is 0.293 e. The van der Waals surface area contributed by atoms with Crippen molar-refractivity contribution in [2.75, 3.05) is 31.1 Å². The number of hydrogen-bond acceptors (Lipinski definition) is 6. The molecule has 9 heteroatoms. The highest BCUT2D eigenvalue weighted by molar-refractivity contribution is 7.89. The number of ether oxygens (including phenoxy) is 1. The van der Waals surface area contributed by atoms with Gasteiger partial charge in [-0.15, -0.1) is 0 Å². The van der Waals surface area contributed by atoms with Crippen molar-refractivity contribution in [3.8, 4) is 0 Å². The number of nitro groups is 1. The average molecular weight is 397 g/mol. The molecule has 2 atom stereocenters. The van der Waals surface area contributed by atoms with E-state index in [9.17, 15) is 18.5 Å². The van der Waals surface area contributed by atoms with E-state index in [2.05, 4.69) is 6.92 Å². The molecule has 2 fully saturated rings. The van der Waals surface area contributed by atoms with Crippen LogP contribution in [0.2, 0.25) is 0 Å². The fourth-order valence-electron chi connectivity index (χ4n) is 3.83. The van der Waals surface area contributed by atoms with Crippen LogP contribution in [0.3, 0.4) is 0 Å². The Morgan fingerprint density at radius 1 is 1.11 bits per heavy atom. The zero-order valence-electron chi connectivity index (χ0n) is 16.0. The van der Waals surface area contributed by atoms with Crippen LogP contribution in [0.1, 0.15) is 33.6 Å². The van der Waals surface area contributed by atoms with Gasteiger partial charge in [-0.3, -0.25) is 10.1 Å². The average Bonchev–Trinajstić information content (AvgIpc) is 2.60. The molecule has 2 aliphatic rings. The van der Waals surface area contributed by atoms with Gasteiger partial charge in [0.05, 0.1) is 22.0 Å². The zero-order chi connectivity index (χ0) is 19.8. The highest BCUT2D eigenvalue weighted by Gasteiger charge is 2.32. The van der Waals surface area contributed by atoms with Crippen molar-refractivity contribution in [2.45, 2.75) is 50.7 Å². The van der Waals surface area contributed by atoms with Crippen LogP contribution in [0.4, 0.5) is 11.4 Å². The number of piperidine rings is 1. The van der Waals surface area contributed by atoms with Crippen LogP contribution in [-0.4, -0.2) is 56.0 Å². The maximum absolute atomic E-state index is 12.9. The Morgan fingerprint density at radius 3 is 2.26 bits per heavy atom. The third kappa shape index (κ3) is 4.25. The van der Waals surface area contributed by atoms with Crippen LogP contribution >= 0.6 is 0 Å². The first-order chi connectivity index (χ1) is 12.7. The largest absolute Gasteiger partial charge is 0.372 e. The van der Waals surface area contributed by atoms with Crippen molar-refractivity contribution in [3.05, 3.63) is 28.3 Å². The minimum atomic E-state index is -3.72. The van der Waals surface area contributed by atoms with E-state index in [0.29, 0.717) is 37.8 Å². The second kappa shape index (κ2) is 7.73. The number of nitro benzene ring substituents is 1. The number of nitrogens with zero attached hydrogens (tertiary/aromatic N) is 3. The molecule has 2 saturated heterocycles. The van der Waals surface area contributed by atoms with Gasteiger partial charge in [-0.25, -0.2) is 8.42 Å². The third-order valence-electron chi connectivity index (χ3n) is 5.28. The molecule has 0 radical (unpaired) electrons. The summed E-state index contributed by atoms with van der Waals surface area (Å²) >= 11 is 0. The van der Waals surface area contributed by atoms with Crippen LogP contribution in [0.15, 0.2) is 23.1 Å². The molecule has 3 rings (SSSR count). The van der Waals surface area contributed by atoms with Gasteiger partial charge in [-0.2, -0.15) is 4.31 Å². The van der Waals surface area contributed by atoms with Crippen molar-refractivity contribution in [2.24, 2.45) is 5.92 Å². The Hall–Kier alpha value is -1.71. The van der Waals surface area contributed by atoms with Crippen LogP contribution < -0.4 is 4.90 Å². The molecular weight excluding hydrogens is 370 g/mol. The maximum atomic E-state index is 12.9. The first kappa shape index (κ1) is 20.0. The number of anilines is 1. The van der Waals surface area contributed by atoms with Gasteiger partial charge >= 0.3 is 0 Å². The first-order valence-electron chi connectivity index (χ1n) is 9.37. The molecular formula is C18H27N3O5S. The van der Waals surface area contributed by atoms with Crippen LogP contribution in [0, 0.1) is 16.0 Å². The molecule has 1 aromatic rings. The van der Waals surface area contributed by atoms with E-state index in [0.717, 1.165) is 12.8 Å². The highest BCUT2D eigenvalue weighted by Crippen LogP contribution is 2.34. The summed E-state index contributed by atoms with van der Waals surface area (Å²) in [6, 6.07) is 4.25. The van der Waals surface area contributed by atoms with Crippen molar-refractivity contribution < 1.29 is 18.1 Å². The van der Waals surface area contributed by atoms with Crippen molar-refractivity contribution >= 4 is 21.4 Å². The Bertz CT molecular complexity index is 795. The van der Waals surface area contributed by atoms with Gasteiger partial charge in [0.15, 0.2) is 0 Å². The lowest BCUT2D eigenvalue weighted by molar-refractivity contribution is -0.384. The Kier molecular flexibility index (Phi) is 5.73. The molecule has 2 heterocycles. The summed E-state index contributed by atoms with van der Waals surface area (Å²) in [6.07, 6.45) is 1.52. The van der Waals surface area contributed by atoms with E-state index in [1.54, 1.807) is 6.07 Å². The minimum absolute atomic E-state index is 0.0122. The lowest BCUT2D eigenvalue weighted by atomic mass is 10.0. The molecule has 0 aliphatic carbocycles. The molecule has 27 heavy (non-hydrogen) atoms. The second-order valence-corrected chi connectivity index (χ2v) is 9.59. The summed E-state index contributed by atoms with van der Waals surface area (Å²) in [5.41, 5.74) is 0.260. The lowest BCUT2D eigenvalue weighted by Gasteiger charge is -2.36. The minimum Gasteiger partial charge on any atom is -0.372 e. The number of benzene rings is 1. The highest BCUT2D eigenvalue weighted by atomic mass is 32.2. The topological polar surface area (TPSA) is 93.0 Å². The molecule has 0 saturated carbocycles. The van der Waals surface area contributed by atoms with E-state index in [4.69, 9.17) is 4.74 Å². The van der Waals surface area contributed by atoms with Gasteiger partial charge < -0.3 is 9.64 Å². The molecule has 0 aromatic heterocycles. The SMILES string of the molecule is CC1CCN(S(=O)(=O)c2ccc(N3C[C@@H](C)O[C@H](C)C3)c([N+](=O)[O-])c2)CC1. The normalized spacial score (nSPS) is 25.5. The summed E-state index contributed by atoms with van der Waals surface area (Å²) in [7, 11) is -3.72. The Morgan fingerprint density at radius 2 is 1.70 bits per heavy atom. The first-order valence-corrected chi connectivity index (χ1v) is 10.8. The monoisotopic (exact) mass is 397 g/mol. The Labute approximate surface area is 160 Å². The van der Waals surface area contributed by atoms with Gasteiger partial charge in [0.25, 0.3) is 5.69 Å². The molecule has 0 unspecified atom stereocenters. The predicted octanol–water partition coefficient (Wildman–Crippen LogP) is 2.63. The second-order valence-electron chi connectivity index (χ2n) is 7.66. The summed E-state index contributed by atoms with van der Waals surface area (Å²) in [4.78, 5) is 13.0. The van der Waals surface area contributed by atoms with Gasteiger partial charge in [-0.1, -0.05) is 6.92 Å². The third-order valence-corrected chi connectivity index (χ3v) is 7.18. The fourth-order valence-corrected chi connectivity index (χ4v) is 5.32. The van der Waals surface area contributed by atoms with Gasteiger partial charge in [0.1, 0.15) is 5.69 Å². The maximum Gasteiger partial charge on any atom is 0.293 e. The fraction of sp³-hybridized carbons (Fsp3) is 0.667. The summed E-state index contributed by atoms with van der Waals surface area (Å²) in [5, 5.41) is 11.7. The van der Waals surface area contributed by atoms with Crippen LogP contribution in [-0.2, 0) is 14.8 Å². The number of rotatable bonds is 4. The van der Waals surface area contributed by atoms with Crippen LogP contribution in [0.25, 0.3) is 0 Å². The van der Waals surface area contributed by atoms with Gasteiger partial charge in [0, 0.05) is 32.2 Å². The molecule has 0 bridgehead atoms. The van der Waals surface area contributed by atoms with E-state index >= 15 is 0 Å². The van der Waals surface area contributed by atoms with Crippen LogP contribution in [0.5, 0.6) is 0 Å². The Balaban J connectivity index is 1.93. The molecule has 150 valence electrons. The molecule has 0 N–H and O–H groups in total. The van der Waals surface area contributed by atoms with E-state index in [1.807, 2.05) is 18.7 Å². The molecule has 8 nitrogen and oxygen atoms in total. The summed E-state index contributed by atoms with van der Waals surface area (Å²) in [5.74, 6) is 0.499. The van der Waals surface area contributed by atoms with E-state index < -0.39 is 14.9 Å². The predicted molar refractivity (Wildman–Crippen MR) is 102 cm³/mol. The van der Waals surface area contributed by atoms with Crippen molar-refractivity contribution in [3.63, 3.8) is 0 Å². The quantitative estimate of drug-likeness (QED) is 0.573. The molecule has 0 amide bonds. The number of hydrogen-bond donors (Lipinski definition) is 0. The standard InChI is InChI=1S/C18H27N3O5S/c1-13-6-8-20(9-7-13)27(24,25)16-4-5-17(18(10-16)21(22)23)19-11-14(2)26-15(3)12-19/h4-5,10,13-15H,6-9,11-12H2,1-3H3/t14-,15-/m1/s1. The van der Waals surface area contributed by atoms with Gasteiger partial charge in [-0.05, 0) is 44.7 Å². The molecule has 1 aromatic carbocycles.